The highest BCUT2D eigenvalue weighted by Gasteiger charge is 2.16. The molecule has 0 aliphatic heterocycles. The molecular weight excluding hydrogens is 198 g/mol. The first-order valence-electron chi connectivity index (χ1n) is 4.40. The van der Waals surface area contributed by atoms with Crippen molar-refractivity contribution >= 4 is 10.0 Å². The van der Waals surface area contributed by atoms with Crippen molar-refractivity contribution in [1.29, 1.82) is 0 Å². The molecular formula is C10H15NO2S. The zero-order valence-electron chi connectivity index (χ0n) is 8.61. The van der Waals surface area contributed by atoms with E-state index in [2.05, 4.69) is 4.72 Å². The molecule has 0 saturated heterocycles. The molecule has 0 heterocycles. The van der Waals surface area contributed by atoms with E-state index in [0.717, 1.165) is 0 Å². The van der Waals surface area contributed by atoms with E-state index < -0.39 is 10.0 Å². The molecule has 0 unspecified atom stereocenters. The molecule has 0 amide bonds. The van der Waals surface area contributed by atoms with Crippen LogP contribution < -0.4 is 4.72 Å². The van der Waals surface area contributed by atoms with Crippen molar-refractivity contribution in [2.24, 2.45) is 5.41 Å². The van der Waals surface area contributed by atoms with Crippen LogP contribution in [0.15, 0.2) is 35.3 Å². The van der Waals surface area contributed by atoms with E-state index >= 15 is 0 Å². The molecule has 3 nitrogen and oxygen atoms in total. The van der Waals surface area contributed by atoms with E-state index in [1.165, 1.54) is 7.05 Å². The Morgan fingerprint density at radius 3 is 2.50 bits per heavy atom. The maximum Gasteiger partial charge on any atom is 0.240 e. The maximum atomic E-state index is 11.5. The number of hydrogen-bond donors (Lipinski definition) is 1. The SMILES string of the molecule is CNS(=O)(=O)C1=CC=CC(C)(C)C=C1. The highest BCUT2D eigenvalue weighted by Crippen LogP contribution is 2.23. The summed E-state index contributed by atoms with van der Waals surface area (Å²) in [4.78, 5) is 0.293. The molecule has 0 spiro atoms. The minimum Gasteiger partial charge on any atom is -0.214 e. The van der Waals surface area contributed by atoms with Crippen LogP contribution in [-0.4, -0.2) is 15.5 Å². The summed E-state index contributed by atoms with van der Waals surface area (Å²) in [6, 6.07) is 0. The highest BCUT2D eigenvalue weighted by atomic mass is 32.2. The van der Waals surface area contributed by atoms with Crippen molar-refractivity contribution in [3.05, 3.63) is 35.3 Å². The quantitative estimate of drug-likeness (QED) is 0.757. The highest BCUT2D eigenvalue weighted by molar-refractivity contribution is 7.93. The zero-order chi connectivity index (χ0) is 10.8. The molecule has 4 heteroatoms. The monoisotopic (exact) mass is 213 g/mol. The minimum absolute atomic E-state index is 0.0957. The van der Waals surface area contributed by atoms with Gasteiger partial charge in [-0.25, -0.2) is 13.1 Å². The van der Waals surface area contributed by atoms with Crippen molar-refractivity contribution in [2.75, 3.05) is 7.05 Å². The Hall–Kier alpha value is -0.870. The van der Waals surface area contributed by atoms with Gasteiger partial charge in [0.25, 0.3) is 0 Å². The molecule has 1 aliphatic rings. The predicted molar refractivity (Wildman–Crippen MR) is 58.1 cm³/mol. The van der Waals surface area contributed by atoms with Crippen LogP contribution in [0.2, 0.25) is 0 Å². The van der Waals surface area contributed by atoms with Crippen LogP contribution in [-0.2, 0) is 10.0 Å². The van der Waals surface area contributed by atoms with Crippen LogP contribution in [0.4, 0.5) is 0 Å². The number of allylic oxidation sites excluding steroid dienone is 5. The summed E-state index contributed by atoms with van der Waals surface area (Å²) in [7, 11) is -1.92. The van der Waals surface area contributed by atoms with Crippen molar-refractivity contribution in [3.63, 3.8) is 0 Å². The molecule has 0 saturated carbocycles. The van der Waals surface area contributed by atoms with E-state index in [1.807, 2.05) is 26.0 Å². The average Bonchev–Trinajstić information content (AvgIpc) is 2.26. The Morgan fingerprint density at radius 2 is 1.93 bits per heavy atom. The first kappa shape index (κ1) is 11.2. The smallest absolute Gasteiger partial charge is 0.214 e. The van der Waals surface area contributed by atoms with Crippen molar-refractivity contribution in [3.8, 4) is 0 Å². The van der Waals surface area contributed by atoms with Crippen LogP contribution in [0.1, 0.15) is 13.8 Å². The van der Waals surface area contributed by atoms with Crippen molar-refractivity contribution < 1.29 is 8.42 Å². The molecule has 78 valence electrons. The van der Waals surface area contributed by atoms with Crippen LogP contribution in [0.3, 0.4) is 0 Å². The normalized spacial score (nSPS) is 20.4. The number of rotatable bonds is 2. The summed E-state index contributed by atoms with van der Waals surface area (Å²) in [6.07, 6.45) is 8.83. The summed E-state index contributed by atoms with van der Waals surface area (Å²) in [5.74, 6) is 0. The van der Waals surface area contributed by atoms with Gasteiger partial charge in [0.15, 0.2) is 0 Å². The van der Waals surface area contributed by atoms with Gasteiger partial charge in [-0.15, -0.1) is 0 Å². The van der Waals surface area contributed by atoms with E-state index in [1.54, 1.807) is 18.2 Å². The van der Waals surface area contributed by atoms with Gasteiger partial charge in [0, 0.05) is 5.41 Å². The van der Waals surface area contributed by atoms with Gasteiger partial charge in [-0.05, 0) is 19.2 Å². The molecule has 0 radical (unpaired) electrons. The Kier molecular flexibility index (Phi) is 2.97. The Morgan fingerprint density at radius 1 is 1.29 bits per heavy atom. The molecule has 1 N–H and O–H groups in total. The summed E-state index contributed by atoms with van der Waals surface area (Å²) < 4.78 is 25.2. The summed E-state index contributed by atoms with van der Waals surface area (Å²) in [5.41, 5.74) is -0.0957. The van der Waals surface area contributed by atoms with Gasteiger partial charge in [0.2, 0.25) is 10.0 Å². The lowest BCUT2D eigenvalue weighted by molar-refractivity contribution is 0.595. The lowest BCUT2D eigenvalue weighted by atomic mass is 9.93. The molecule has 0 fully saturated rings. The summed E-state index contributed by atoms with van der Waals surface area (Å²) >= 11 is 0. The third kappa shape index (κ3) is 2.56. The standard InChI is InChI=1S/C10H15NO2S/c1-10(2)7-4-5-9(6-8-10)14(12,13)11-3/h4-8,11H,1-3H3. The molecule has 1 rings (SSSR count). The van der Waals surface area contributed by atoms with Gasteiger partial charge in [-0.1, -0.05) is 32.1 Å². The Balaban J connectivity index is 3.08. The van der Waals surface area contributed by atoms with E-state index in [9.17, 15) is 8.42 Å². The van der Waals surface area contributed by atoms with Gasteiger partial charge in [0.1, 0.15) is 0 Å². The first-order chi connectivity index (χ1) is 6.37. The second-order valence-electron chi connectivity index (χ2n) is 3.79. The zero-order valence-corrected chi connectivity index (χ0v) is 9.43. The minimum atomic E-state index is -3.32. The molecule has 0 bridgehead atoms. The van der Waals surface area contributed by atoms with Gasteiger partial charge >= 0.3 is 0 Å². The molecule has 0 atom stereocenters. The molecule has 0 aromatic rings. The lowest BCUT2D eigenvalue weighted by Gasteiger charge is -2.12. The fourth-order valence-electron chi connectivity index (χ4n) is 1.10. The van der Waals surface area contributed by atoms with E-state index in [4.69, 9.17) is 0 Å². The van der Waals surface area contributed by atoms with E-state index in [0.29, 0.717) is 4.91 Å². The topological polar surface area (TPSA) is 46.2 Å². The van der Waals surface area contributed by atoms with Crippen LogP contribution in [0.5, 0.6) is 0 Å². The van der Waals surface area contributed by atoms with Gasteiger partial charge in [-0.3, -0.25) is 0 Å². The number of nitrogens with one attached hydrogen (secondary N) is 1. The molecule has 1 aliphatic carbocycles. The van der Waals surface area contributed by atoms with Crippen molar-refractivity contribution in [1.82, 2.24) is 4.72 Å². The predicted octanol–water partition coefficient (Wildman–Crippen LogP) is 1.57. The second-order valence-corrected chi connectivity index (χ2v) is 5.68. The van der Waals surface area contributed by atoms with Crippen molar-refractivity contribution in [2.45, 2.75) is 13.8 Å². The summed E-state index contributed by atoms with van der Waals surface area (Å²) in [6.45, 7) is 4.03. The first-order valence-corrected chi connectivity index (χ1v) is 5.88. The largest absolute Gasteiger partial charge is 0.240 e. The van der Waals surface area contributed by atoms with Crippen LogP contribution in [0, 0.1) is 5.41 Å². The molecule has 14 heavy (non-hydrogen) atoms. The molecule has 0 aromatic carbocycles. The summed E-state index contributed by atoms with van der Waals surface area (Å²) in [5, 5.41) is 0. The second kappa shape index (κ2) is 3.71. The Bertz CT molecular complexity index is 400. The van der Waals surface area contributed by atoms with Crippen LogP contribution in [0.25, 0.3) is 0 Å². The van der Waals surface area contributed by atoms with Gasteiger partial charge < -0.3 is 0 Å². The maximum absolute atomic E-state index is 11.5. The Labute approximate surface area is 85.3 Å². The number of hydrogen-bond acceptors (Lipinski definition) is 2. The third-order valence-corrected chi connectivity index (χ3v) is 3.47. The molecule has 0 aromatic heterocycles. The van der Waals surface area contributed by atoms with Gasteiger partial charge in [-0.2, -0.15) is 0 Å². The van der Waals surface area contributed by atoms with E-state index in [-0.39, 0.29) is 5.41 Å². The fourth-order valence-corrected chi connectivity index (χ4v) is 1.84. The number of sulfonamides is 1. The van der Waals surface area contributed by atoms with Crippen LogP contribution >= 0.6 is 0 Å². The lowest BCUT2D eigenvalue weighted by Crippen LogP contribution is -2.19. The van der Waals surface area contributed by atoms with Gasteiger partial charge in [0.05, 0.1) is 4.91 Å². The average molecular weight is 213 g/mol. The fraction of sp³-hybridized carbons (Fsp3) is 0.400. The third-order valence-electron chi connectivity index (χ3n) is 2.04.